The van der Waals surface area contributed by atoms with Crippen LogP contribution in [0.1, 0.15) is 5.76 Å². The van der Waals surface area contributed by atoms with Crippen molar-refractivity contribution in [1.29, 1.82) is 0 Å². The summed E-state index contributed by atoms with van der Waals surface area (Å²) >= 11 is 3.18. The van der Waals surface area contributed by atoms with Gasteiger partial charge in [-0.1, -0.05) is 23.5 Å². The molecule has 0 bridgehead atoms. The molecule has 6 heteroatoms. The van der Waals surface area contributed by atoms with E-state index in [0.717, 1.165) is 27.5 Å². The molecule has 0 fully saturated rings. The highest BCUT2D eigenvalue weighted by atomic mass is 32.2. The molecule has 2 rings (SSSR count). The number of hydrogen-bond acceptors (Lipinski definition) is 6. The molecule has 0 amide bonds. The third-order valence-electron chi connectivity index (χ3n) is 2.06. The minimum Gasteiger partial charge on any atom is -0.468 e. The maximum absolute atomic E-state index is 5.28. The van der Waals surface area contributed by atoms with Gasteiger partial charge in [-0.3, -0.25) is 0 Å². The summed E-state index contributed by atoms with van der Waals surface area (Å²) in [5.41, 5.74) is 0. The van der Waals surface area contributed by atoms with Crippen molar-refractivity contribution in [2.75, 3.05) is 18.6 Å². The topological polar surface area (TPSA) is 51.0 Å². The summed E-state index contributed by atoms with van der Waals surface area (Å²) in [6.45, 7) is 0. The second kappa shape index (κ2) is 5.97. The largest absolute Gasteiger partial charge is 0.468 e. The Morgan fingerprint density at radius 2 is 2.29 bits per heavy atom. The van der Waals surface area contributed by atoms with Crippen LogP contribution in [0.4, 0.5) is 5.82 Å². The highest BCUT2D eigenvalue weighted by Gasteiger charge is 2.05. The van der Waals surface area contributed by atoms with Crippen LogP contribution >= 0.6 is 23.5 Å². The minimum atomic E-state index is 0.777. The lowest BCUT2D eigenvalue weighted by molar-refractivity contribution is 0.530. The summed E-state index contributed by atoms with van der Waals surface area (Å²) in [4.78, 5) is 8.75. The molecule has 0 aromatic carbocycles. The molecule has 0 spiro atoms. The fourth-order valence-electron chi connectivity index (χ4n) is 1.24. The molecular formula is C11H13N3OS2. The molecule has 2 aromatic rings. The van der Waals surface area contributed by atoms with Gasteiger partial charge in [0.1, 0.15) is 16.6 Å². The normalized spacial score (nSPS) is 10.5. The number of thioether (sulfide) groups is 2. The van der Waals surface area contributed by atoms with Gasteiger partial charge < -0.3 is 9.73 Å². The zero-order chi connectivity index (χ0) is 12.1. The van der Waals surface area contributed by atoms with Crippen molar-refractivity contribution in [2.24, 2.45) is 0 Å². The monoisotopic (exact) mass is 267 g/mol. The summed E-state index contributed by atoms with van der Waals surface area (Å²) in [6, 6.07) is 5.79. The van der Waals surface area contributed by atoms with Crippen LogP contribution in [0, 0.1) is 0 Å². The Labute approximate surface area is 109 Å². The lowest BCUT2D eigenvalue weighted by Crippen LogP contribution is -1.96. The van der Waals surface area contributed by atoms with E-state index in [1.165, 1.54) is 11.8 Å². The molecule has 0 saturated heterocycles. The van der Waals surface area contributed by atoms with Gasteiger partial charge in [-0.25, -0.2) is 9.97 Å². The van der Waals surface area contributed by atoms with Crippen molar-refractivity contribution in [3.63, 3.8) is 0 Å². The van der Waals surface area contributed by atoms with Gasteiger partial charge in [0.25, 0.3) is 0 Å². The summed E-state index contributed by atoms with van der Waals surface area (Å²) < 4.78 is 5.28. The molecule has 0 aliphatic rings. The molecule has 0 aliphatic heterocycles. The van der Waals surface area contributed by atoms with E-state index in [9.17, 15) is 0 Å². The molecule has 2 heterocycles. The second-order valence-corrected chi connectivity index (χ2v) is 4.97. The first-order valence-electron chi connectivity index (χ1n) is 5.08. The van der Waals surface area contributed by atoms with Gasteiger partial charge in [0.15, 0.2) is 5.16 Å². The van der Waals surface area contributed by atoms with Gasteiger partial charge in [0.05, 0.1) is 12.0 Å². The van der Waals surface area contributed by atoms with E-state index in [-0.39, 0.29) is 0 Å². The van der Waals surface area contributed by atoms with Crippen molar-refractivity contribution < 1.29 is 4.42 Å². The first-order chi connectivity index (χ1) is 8.31. The Morgan fingerprint density at radius 3 is 2.94 bits per heavy atom. The van der Waals surface area contributed by atoms with Gasteiger partial charge in [0, 0.05) is 13.1 Å². The number of hydrogen-bond donors (Lipinski definition) is 1. The van der Waals surface area contributed by atoms with Crippen molar-refractivity contribution >= 4 is 29.3 Å². The van der Waals surface area contributed by atoms with Gasteiger partial charge in [-0.05, 0) is 18.4 Å². The SMILES string of the molecule is CNc1cc(SCc2ccco2)nc(SC)n1. The third-order valence-corrected chi connectivity index (χ3v) is 3.54. The summed E-state index contributed by atoms with van der Waals surface area (Å²) in [5.74, 6) is 2.57. The molecule has 90 valence electrons. The predicted molar refractivity (Wildman–Crippen MR) is 71.6 cm³/mol. The highest BCUT2D eigenvalue weighted by molar-refractivity contribution is 7.99. The Kier molecular flexibility index (Phi) is 4.33. The maximum atomic E-state index is 5.28. The summed E-state index contributed by atoms with van der Waals surface area (Å²) in [5, 5.41) is 4.76. The molecular weight excluding hydrogens is 254 g/mol. The van der Waals surface area contributed by atoms with Gasteiger partial charge >= 0.3 is 0 Å². The summed E-state index contributed by atoms with van der Waals surface area (Å²) in [7, 11) is 1.85. The van der Waals surface area contributed by atoms with E-state index in [1.807, 2.05) is 31.5 Å². The fourth-order valence-corrected chi connectivity index (χ4v) is 2.47. The third kappa shape index (κ3) is 3.41. The predicted octanol–water partition coefficient (Wildman–Crippen LogP) is 3.13. The number of furan rings is 1. The molecule has 0 radical (unpaired) electrons. The molecule has 4 nitrogen and oxygen atoms in total. The lowest BCUT2D eigenvalue weighted by Gasteiger charge is -2.05. The van der Waals surface area contributed by atoms with Crippen LogP contribution in [0.2, 0.25) is 0 Å². The van der Waals surface area contributed by atoms with Crippen molar-refractivity contribution in [2.45, 2.75) is 15.9 Å². The maximum Gasteiger partial charge on any atom is 0.190 e. The van der Waals surface area contributed by atoms with Crippen LogP contribution in [0.25, 0.3) is 0 Å². The molecule has 17 heavy (non-hydrogen) atoms. The molecule has 0 atom stereocenters. The van der Waals surface area contributed by atoms with E-state index < -0.39 is 0 Å². The van der Waals surface area contributed by atoms with Crippen LogP contribution in [-0.2, 0) is 5.75 Å². The fraction of sp³-hybridized carbons (Fsp3) is 0.273. The quantitative estimate of drug-likeness (QED) is 0.510. The number of aromatic nitrogens is 2. The molecule has 0 saturated carbocycles. The molecule has 1 N–H and O–H groups in total. The minimum absolute atomic E-state index is 0.777. The van der Waals surface area contributed by atoms with E-state index in [0.29, 0.717) is 0 Å². The molecule has 0 aliphatic carbocycles. The van der Waals surface area contributed by atoms with Gasteiger partial charge in [0.2, 0.25) is 0 Å². The van der Waals surface area contributed by atoms with Crippen molar-refractivity contribution in [3.05, 3.63) is 30.2 Å². The van der Waals surface area contributed by atoms with E-state index in [2.05, 4.69) is 15.3 Å². The van der Waals surface area contributed by atoms with Gasteiger partial charge in [-0.15, -0.1) is 0 Å². The van der Waals surface area contributed by atoms with E-state index >= 15 is 0 Å². The van der Waals surface area contributed by atoms with Crippen molar-refractivity contribution in [3.8, 4) is 0 Å². The summed E-state index contributed by atoms with van der Waals surface area (Å²) in [6.07, 6.45) is 3.65. The van der Waals surface area contributed by atoms with Crippen LogP contribution in [0.5, 0.6) is 0 Å². The second-order valence-electron chi connectivity index (χ2n) is 3.20. The first-order valence-corrected chi connectivity index (χ1v) is 7.29. The smallest absolute Gasteiger partial charge is 0.190 e. The van der Waals surface area contributed by atoms with Crippen LogP contribution in [-0.4, -0.2) is 23.3 Å². The van der Waals surface area contributed by atoms with E-state index in [4.69, 9.17) is 4.42 Å². The highest BCUT2D eigenvalue weighted by Crippen LogP contribution is 2.25. The Balaban J connectivity index is 2.09. The number of nitrogens with zero attached hydrogens (tertiary/aromatic N) is 2. The average molecular weight is 267 g/mol. The number of rotatable bonds is 5. The zero-order valence-electron chi connectivity index (χ0n) is 9.64. The van der Waals surface area contributed by atoms with Crippen molar-refractivity contribution in [1.82, 2.24) is 9.97 Å². The average Bonchev–Trinajstić information content (AvgIpc) is 2.89. The lowest BCUT2D eigenvalue weighted by atomic mass is 10.5. The Hall–Kier alpha value is -1.14. The zero-order valence-corrected chi connectivity index (χ0v) is 11.3. The van der Waals surface area contributed by atoms with Crippen LogP contribution in [0.15, 0.2) is 39.1 Å². The van der Waals surface area contributed by atoms with Crippen LogP contribution in [0.3, 0.4) is 0 Å². The number of anilines is 1. The Morgan fingerprint density at radius 1 is 1.41 bits per heavy atom. The Bertz CT molecular complexity index is 451. The first kappa shape index (κ1) is 12.3. The van der Waals surface area contributed by atoms with E-state index in [1.54, 1.807) is 18.0 Å². The van der Waals surface area contributed by atoms with Gasteiger partial charge in [-0.2, -0.15) is 0 Å². The van der Waals surface area contributed by atoms with Crippen LogP contribution < -0.4 is 5.32 Å². The number of nitrogens with one attached hydrogen (secondary N) is 1. The molecule has 2 aromatic heterocycles. The standard InChI is InChI=1S/C11H13N3OS2/c1-12-9-6-10(14-11(13-9)16-2)17-7-8-4-3-5-15-8/h3-6H,7H2,1-2H3,(H,12,13,14). The molecule has 0 unspecified atom stereocenters.